The van der Waals surface area contributed by atoms with Gasteiger partial charge in [0.25, 0.3) is 0 Å². The molecule has 0 amide bonds. The average Bonchev–Trinajstić information content (AvgIpc) is 2.12. The van der Waals surface area contributed by atoms with Gasteiger partial charge in [-0.3, -0.25) is 8.98 Å². The molecule has 0 aliphatic heterocycles. The Kier molecular flexibility index (Phi) is 5.47. The maximum absolute atomic E-state index is 11.5. The predicted octanol–water partition coefficient (Wildman–Crippen LogP) is 1.12. The summed E-state index contributed by atoms with van der Waals surface area (Å²) >= 11 is 0. The summed E-state index contributed by atoms with van der Waals surface area (Å²) in [7, 11) is -4.67. The van der Waals surface area contributed by atoms with Crippen LogP contribution >= 0.6 is 0 Å². The normalized spacial score (nSPS) is 12.5. The molecule has 0 fully saturated rings. The Morgan fingerprint density at radius 2 is 1.87 bits per heavy atom. The molecule has 0 saturated heterocycles. The molecule has 0 radical (unpaired) electrons. The quantitative estimate of drug-likeness (QED) is 0.403. The van der Waals surface area contributed by atoms with Crippen molar-refractivity contribution in [2.45, 2.75) is 32.5 Å². The average molecular weight is 254 g/mol. The SMILES string of the molecule is COS(=O)(=O)[Si](C)(C)CCCOC(C)=O. The highest BCUT2D eigenvalue weighted by molar-refractivity contribution is 8.18. The fourth-order valence-electron chi connectivity index (χ4n) is 1.06. The van der Waals surface area contributed by atoms with Gasteiger partial charge in [-0.2, -0.15) is 0 Å². The van der Waals surface area contributed by atoms with Gasteiger partial charge in [0.1, 0.15) is 0 Å². The Morgan fingerprint density at radius 3 is 2.27 bits per heavy atom. The number of esters is 1. The molecule has 0 aliphatic carbocycles. The van der Waals surface area contributed by atoms with Crippen LogP contribution in [0.25, 0.3) is 0 Å². The number of hydrogen-bond acceptors (Lipinski definition) is 5. The van der Waals surface area contributed by atoms with E-state index in [1.807, 2.05) is 0 Å². The second-order valence-electron chi connectivity index (χ2n) is 3.82. The third kappa shape index (κ3) is 4.76. The van der Waals surface area contributed by atoms with Crippen LogP contribution in [0.15, 0.2) is 0 Å². The van der Waals surface area contributed by atoms with Crippen molar-refractivity contribution in [3.8, 4) is 0 Å². The van der Waals surface area contributed by atoms with Crippen LogP contribution in [0.3, 0.4) is 0 Å². The van der Waals surface area contributed by atoms with E-state index in [1.54, 1.807) is 13.1 Å². The number of rotatable bonds is 6. The number of carbonyl (C=O) groups is 1. The van der Waals surface area contributed by atoms with Gasteiger partial charge in [0.15, 0.2) is 0 Å². The highest BCUT2D eigenvalue weighted by Gasteiger charge is 2.37. The second kappa shape index (κ2) is 5.62. The van der Waals surface area contributed by atoms with Gasteiger partial charge in [-0.15, -0.1) is 0 Å². The minimum atomic E-state index is -3.40. The molecule has 0 rings (SSSR count). The van der Waals surface area contributed by atoms with Crippen LogP contribution in [0.2, 0.25) is 19.1 Å². The predicted molar refractivity (Wildman–Crippen MR) is 59.5 cm³/mol. The molecule has 90 valence electrons. The lowest BCUT2D eigenvalue weighted by Gasteiger charge is -2.19. The molecule has 0 unspecified atom stereocenters. The molecule has 0 aliphatic rings. The number of ether oxygens (including phenoxy) is 1. The molecular formula is C8H18O5SSi. The molecule has 0 spiro atoms. The molecule has 0 aromatic carbocycles. The van der Waals surface area contributed by atoms with Gasteiger partial charge in [-0.1, -0.05) is 13.1 Å². The minimum absolute atomic E-state index is 0.269. The number of carbonyl (C=O) groups excluding carboxylic acids is 1. The highest BCUT2D eigenvalue weighted by Crippen LogP contribution is 2.20. The van der Waals surface area contributed by atoms with Crippen LogP contribution in [-0.4, -0.2) is 35.3 Å². The summed E-state index contributed by atoms with van der Waals surface area (Å²) in [6, 6.07) is 0.524. The van der Waals surface area contributed by atoms with Crippen LogP contribution in [0.5, 0.6) is 0 Å². The van der Waals surface area contributed by atoms with Crippen molar-refractivity contribution in [3.63, 3.8) is 0 Å². The molecule has 0 aromatic rings. The topological polar surface area (TPSA) is 69.7 Å². The Bertz CT molecular complexity index is 309. The van der Waals surface area contributed by atoms with E-state index >= 15 is 0 Å². The third-order valence-electron chi connectivity index (χ3n) is 2.12. The molecule has 0 saturated carbocycles. The zero-order valence-electron chi connectivity index (χ0n) is 9.57. The summed E-state index contributed by atoms with van der Waals surface area (Å²) in [6.07, 6.45) is 0.557. The Hall–Kier alpha value is -0.403. The maximum Gasteiger partial charge on any atom is 0.302 e. The van der Waals surface area contributed by atoms with E-state index in [9.17, 15) is 13.2 Å². The van der Waals surface area contributed by atoms with Gasteiger partial charge >= 0.3 is 5.97 Å². The van der Waals surface area contributed by atoms with Crippen LogP contribution in [0, 0.1) is 0 Å². The van der Waals surface area contributed by atoms with E-state index in [1.165, 1.54) is 14.0 Å². The summed E-state index contributed by atoms with van der Waals surface area (Å²) < 4.78 is 32.2. The molecule has 0 N–H and O–H groups in total. The van der Waals surface area contributed by atoms with E-state index in [2.05, 4.69) is 4.18 Å². The summed E-state index contributed by atoms with van der Waals surface area (Å²) in [4.78, 5) is 10.5. The van der Waals surface area contributed by atoms with Gasteiger partial charge in [0, 0.05) is 6.92 Å². The van der Waals surface area contributed by atoms with Crippen LogP contribution < -0.4 is 0 Å². The summed E-state index contributed by atoms with van der Waals surface area (Å²) in [6.45, 7) is 5.04. The highest BCUT2D eigenvalue weighted by atomic mass is 32.4. The first-order valence-corrected chi connectivity index (χ1v) is 10.0. The van der Waals surface area contributed by atoms with Crippen molar-refractivity contribution in [2.75, 3.05) is 13.7 Å². The molecule has 0 bridgehead atoms. The zero-order chi connectivity index (χ0) is 12.1. The van der Waals surface area contributed by atoms with Crippen molar-refractivity contribution in [1.82, 2.24) is 0 Å². The second-order valence-corrected chi connectivity index (χ2v) is 13.9. The fraction of sp³-hybridized carbons (Fsp3) is 0.875. The largest absolute Gasteiger partial charge is 0.466 e. The van der Waals surface area contributed by atoms with E-state index in [0.717, 1.165) is 0 Å². The first kappa shape index (κ1) is 14.6. The van der Waals surface area contributed by atoms with Crippen LogP contribution in [0.1, 0.15) is 13.3 Å². The minimum Gasteiger partial charge on any atom is -0.466 e. The lowest BCUT2D eigenvalue weighted by molar-refractivity contribution is -0.140. The summed E-state index contributed by atoms with van der Waals surface area (Å²) in [5, 5.41) is 0. The van der Waals surface area contributed by atoms with Crippen molar-refractivity contribution < 1.29 is 22.1 Å². The first-order valence-electron chi connectivity index (χ1n) is 4.66. The molecule has 15 heavy (non-hydrogen) atoms. The van der Waals surface area contributed by atoms with E-state index in [0.29, 0.717) is 12.5 Å². The molecule has 5 nitrogen and oxygen atoms in total. The lowest BCUT2D eigenvalue weighted by atomic mass is 10.5. The van der Waals surface area contributed by atoms with Crippen molar-refractivity contribution >= 4 is 22.8 Å². The van der Waals surface area contributed by atoms with Gasteiger partial charge < -0.3 is 4.74 Å². The van der Waals surface area contributed by atoms with Crippen LogP contribution in [-0.2, 0) is 23.3 Å². The summed E-state index contributed by atoms with van der Waals surface area (Å²) in [5.41, 5.74) is 0. The molecule has 0 aromatic heterocycles. The molecule has 0 heterocycles. The third-order valence-corrected chi connectivity index (χ3v) is 10.6. The van der Waals surface area contributed by atoms with Crippen molar-refractivity contribution in [2.24, 2.45) is 0 Å². The molecule has 7 heteroatoms. The molecular weight excluding hydrogens is 236 g/mol. The Morgan fingerprint density at radius 1 is 1.33 bits per heavy atom. The van der Waals surface area contributed by atoms with E-state index in [-0.39, 0.29) is 12.6 Å². The Balaban J connectivity index is 4.11. The maximum atomic E-state index is 11.5. The monoisotopic (exact) mass is 254 g/mol. The first-order chi connectivity index (χ1) is 6.73. The fourth-order valence-corrected chi connectivity index (χ4v) is 5.30. The van der Waals surface area contributed by atoms with Crippen molar-refractivity contribution in [1.29, 1.82) is 0 Å². The van der Waals surface area contributed by atoms with Gasteiger partial charge in [-0.25, -0.2) is 8.42 Å². The molecule has 0 atom stereocenters. The lowest BCUT2D eigenvalue weighted by Crippen LogP contribution is -2.38. The van der Waals surface area contributed by atoms with Crippen LogP contribution in [0.4, 0.5) is 0 Å². The van der Waals surface area contributed by atoms with E-state index < -0.39 is 16.8 Å². The van der Waals surface area contributed by atoms with Gasteiger partial charge in [0.2, 0.25) is 16.8 Å². The number of hydrogen-bond donors (Lipinski definition) is 0. The van der Waals surface area contributed by atoms with Gasteiger partial charge in [0.05, 0.1) is 13.7 Å². The standard InChI is InChI=1S/C8H18O5SSi/c1-8(9)13-6-5-7-15(3,4)14(10,11)12-2/h5-7H2,1-4H3. The van der Waals surface area contributed by atoms with Crippen molar-refractivity contribution in [3.05, 3.63) is 0 Å². The summed E-state index contributed by atoms with van der Waals surface area (Å²) in [5.74, 6) is -0.343. The zero-order valence-corrected chi connectivity index (χ0v) is 11.4. The smallest absolute Gasteiger partial charge is 0.302 e. The Labute approximate surface area is 91.5 Å². The van der Waals surface area contributed by atoms with Gasteiger partial charge in [-0.05, 0) is 12.5 Å². The van der Waals surface area contributed by atoms with E-state index in [4.69, 9.17) is 4.74 Å².